The topological polar surface area (TPSA) is 29.9 Å². The smallest absolute Gasteiger partial charge is 0.0641 e. The van der Waals surface area contributed by atoms with Crippen molar-refractivity contribution in [2.45, 2.75) is 40.3 Å². The van der Waals surface area contributed by atoms with Gasteiger partial charge in [-0.3, -0.25) is 4.68 Å². The van der Waals surface area contributed by atoms with E-state index in [9.17, 15) is 0 Å². The second-order valence-electron chi connectivity index (χ2n) is 5.93. The fraction of sp³-hybridized carbons (Fsp3) is 0.471. The molecular weight excluding hydrogens is 282 g/mol. The zero-order chi connectivity index (χ0) is 15.6. The number of benzene rings is 1. The van der Waals surface area contributed by atoms with Crippen molar-refractivity contribution in [3.8, 4) is 0 Å². The SMILES string of the molecule is Cc1nn(C)c(C)c1CNC(c1ccc(Cl)cc1)C(C)C. The molecule has 0 fully saturated rings. The second kappa shape index (κ2) is 6.63. The summed E-state index contributed by atoms with van der Waals surface area (Å²) in [5, 5.41) is 8.92. The van der Waals surface area contributed by atoms with E-state index in [2.05, 4.69) is 50.2 Å². The minimum absolute atomic E-state index is 0.307. The van der Waals surface area contributed by atoms with Gasteiger partial charge in [-0.2, -0.15) is 5.10 Å². The average Bonchev–Trinajstić information content (AvgIpc) is 2.66. The molecule has 0 amide bonds. The fourth-order valence-electron chi connectivity index (χ4n) is 2.69. The zero-order valence-corrected chi connectivity index (χ0v) is 14.2. The third-order valence-corrected chi connectivity index (χ3v) is 4.31. The number of hydrogen-bond donors (Lipinski definition) is 1. The molecule has 2 aromatic rings. The number of aryl methyl sites for hydroxylation is 2. The molecule has 1 aromatic heterocycles. The van der Waals surface area contributed by atoms with Gasteiger partial charge in [-0.1, -0.05) is 37.6 Å². The zero-order valence-electron chi connectivity index (χ0n) is 13.4. The largest absolute Gasteiger partial charge is 0.305 e. The molecule has 1 atom stereocenters. The van der Waals surface area contributed by atoms with Crippen LogP contribution in [0.2, 0.25) is 5.02 Å². The lowest BCUT2D eigenvalue weighted by Gasteiger charge is -2.23. The number of hydrogen-bond acceptors (Lipinski definition) is 2. The summed E-state index contributed by atoms with van der Waals surface area (Å²) >= 11 is 5.98. The summed E-state index contributed by atoms with van der Waals surface area (Å²) in [6.07, 6.45) is 0. The molecule has 0 aliphatic heterocycles. The molecule has 2 rings (SSSR count). The van der Waals surface area contributed by atoms with Crippen molar-refractivity contribution in [3.63, 3.8) is 0 Å². The van der Waals surface area contributed by atoms with E-state index in [1.165, 1.54) is 16.8 Å². The molecule has 1 aromatic carbocycles. The summed E-state index contributed by atoms with van der Waals surface area (Å²) in [5.41, 5.74) is 4.88. The number of nitrogens with zero attached hydrogens (tertiary/aromatic N) is 2. The standard InChI is InChI=1S/C17H24ClN3/c1-11(2)17(14-6-8-15(18)9-7-14)19-10-16-12(3)20-21(5)13(16)4/h6-9,11,17,19H,10H2,1-5H3. The molecule has 1 unspecified atom stereocenters. The highest BCUT2D eigenvalue weighted by Gasteiger charge is 2.17. The number of rotatable bonds is 5. The van der Waals surface area contributed by atoms with Gasteiger partial charge >= 0.3 is 0 Å². The van der Waals surface area contributed by atoms with Crippen LogP contribution >= 0.6 is 11.6 Å². The van der Waals surface area contributed by atoms with Crippen molar-refractivity contribution in [1.29, 1.82) is 0 Å². The lowest BCUT2D eigenvalue weighted by atomic mass is 9.95. The lowest BCUT2D eigenvalue weighted by molar-refractivity contribution is 0.410. The minimum Gasteiger partial charge on any atom is -0.305 e. The van der Waals surface area contributed by atoms with Gasteiger partial charge in [0.05, 0.1) is 5.69 Å². The number of halogens is 1. The van der Waals surface area contributed by atoms with E-state index in [1.807, 2.05) is 23.9 Å². The summed E-state index contributed by atoms with van der Waals surface area (Å²) in [6, 6.07) is 8.41. The molecule has 0 saturated carbocycles. The first-order valence-electron chi connectivity index (χ1n) is 7.38. The van der Waals surface area contributed by atoms with E-state index in [4.69, 9.17) is 11.6 Å². The van der Waals surface area contributed by atoms with Crippen LogP contribution in [0, 0.1) is 19.8 Å². The first-order valence-corrected chi connectivity index (χ1v) is 7.76. The van der Waals surface area contributed by atoms with Gasteiger partial charge in [-0.25, -0.2) is 0 Å². The molecule has 3 nitrogen and oxygen atoms in total. The van der Waals surface area contributed by atoms with E-state index in [0.29, 0.717) is 12.0 Å². The molecular formula is C17H24ClN3. The van der Waals surface area contributed by atoms with Gasteiger partial charge in [0.25, 0.3) is 0 Å². The quantitative estimate of drug-likeness (QED) is 0.898. The van der Waals surface area contributed by atoms with Crippen LogP contribution in [0.15, 0.2) is 24.3 Å². The number of aromatic nitrogens is 2. The van der Waals surface area contributed by atoms with Gasteiger partial charge in [0, 0.05) is 35.9 Å². The monoisotopic (exact) mass is 305 g/mol. The molecule has 1 heterocycles. The van der Waals surface area contributed by atoms with Gasteiger partial charge in [-0.05, 0) is 37.5 Å². The van der Waals surface area contributed by atoms with Crippen molar-refractivity contribution < 1.29 is 0 Å². The minimum atomic E-state index is 0.307. The molecule has 0 saturated heterocycles. The van der Waals surface area contributed by atoms with Crippen LogP contribution < -0.4 is 5.32 Å². The third-order valence-electron chi connectivity index (χ3n) is 4.05. The predicted molar refractivity (Wildman–Crippen MR) is 88.6 cm³/mol. The first-order chi connectivity index (χ1) is 9.90. The maximum atomic E-state index is 5.98. The van der Waals surface area contributed by atoms with Crippen LogP contribution in [-0.4, -0.2) is 9.78 Å². The fourth-order valence-corrected chi connectivity index (χ4v) is 2.82. The second-order valence-corrected chi connectivity index (χ2v) is 6.36. The van der Waals surface area contributed by atoms with Crippen molar-refractivity contribution in [2.75, 3.05) is 0 Å². The Morgan fingerprint density at radius 1 is 1.19 bits per heavy atom. The van der Waals surface area contributed by atoms with Crippen LogP contribution in [0.3, 0.4) is 0 Å². The van der Waals surface area contributed by atoms with Gasteiger partial charge < -0.3 is 5.32 Å². The Balaban J connectivity index is 2.16. The lowest BCUT2D eigenvalue weighted by Crippen LogP contribution is -2.25. The molecule has 114 valence electrons. The van der Waals surface area contributed by atoms with Crippen molar-refractivity contribution >= 4 is 11.6 Å². The maximum absolute atomic E-state index is 5.98. The molecule has 21 heavy (non-hydrogen) atoms. The molecule has 0 spiro atoms. The summed E-state index contributed by atoms with van der Waals surface area (Å²) in [4.78, 5) is 0. The van der Waals surface area contributed by atoms with E-state index >= 15 is 0 Å². The van der Waals surface area contributed by atoms with Crippen LogP contribution in [0.5, 0.6) is 0 Å². The van der Waals surface area contributed by atoms with Crippen molar-refractivity contribution in [1.82, 2.24) is 15.1 Å². The van der Waals surface area contributed by atoms with Crippen LogP contribution in [-0.2, 0) is 13.6 Å². The summed E-state index contributed by atoms with van der Waals surface area (Å²) < 4.78 is 1.94. The molecule has 0 aliphatic carbocycles. The van der Waals surface area contributed by atoms with Gasteiger partial charge in [-0.15, -0.1) is 0 Å². The summed E-state index contributed by atoms with van der Waals surface area (Å²) in [5.74, 6) is 0.503. The molecule has 1 N–H and O–H groups in total. The van der Waals surface area contributed by atoms with E-state index in [1.54, 1.807) is 0 Å². The molecule has 0 radical (unpaired) electrons. The molecule has 0 bridgehead atoms. The number of nitrogens with one attached hydrogen (secondary N) is 1. The highest BCUT2D eigenvalue weighted by atomic mass is 35.5. The molecule has 4 heteroatoms. The van der Waals surface area contributed by atoms with E-state index in [-0.39, 0.29) is 0 Å². The van der Waals surface area contributed by atoms with Crippen LogP contribution in [0.25, 0.3) is 0 Å². The van der Waals surface area contributed by atoms with E-state index < -0.39 is 0 Å². The highest BCUT2D eigenvalue weighted by Crippen LogP contribution is 2.24. The summed E-state index contributed by atoms with van der Waals surface area (Å²) in [6.45, 7) is 9.47. The Bertz CT molecular complexity index is 599. The van der Waals surface area contributed by atoms with Gasteiger partial charge in [0.1, 0.15) is 0 Å². The van der Waals surface area contributed by atoms with Crippen LogP contribution in [0.4, 0.5) is 0 Å². The first kappa shape index (κ1) is 16.1. The Morgan fingerprint density at radius 2 is 1.81 bits per heavy atom. The average molecular weight is 306 g/mol. The van der Waals surface area contributed by atoms with Gasteiger partial charge in [0.2, 0.25) is 0 Å². The van der Waals surface area contributed by atoms with Crippen molar-refractivity contribution in [2.24, 2.45) is 13.0 Å². The van der Waals surface area contributed by atoms with Gasteiger partial charge in [0.15, 0.2) is 0 Å². The summed E-state index contributed by atoms with van der Waals surface area (Å²) in [7, 11) is 1.99. The highest BCUT2D eigenvalue weighted by molar-refractivity contribution is 6.30. The predicted octanol–water partition coefficient (Wildman–Crippen LogP) is 4.18. The molecule has 0 aliphatic rings. The van der Waals surface area contributed by atoms with Crippen LogP contribution in [0.1, 0.15) is 42.4 Å². The Hall–Kier alpha value is -1.32. The van der Waals surface area contributed by atoms with Crippen molar-refractivity contribution in [3.05, 3.63) is 51.8 Å². The van der Waals surface area contributed by atoms with E-state index in [0.717, 1.165) is 17.3 Å². The Morgan fingerprint density at radius 3 is 2.29 bits per heavy atom. The maximum Gasteiger partial charge on any atom is 0.0641 e. The Kier molecular flexibility index (Phi) is 5.07. The normalized spacial score (nSPS) is 12.9. The third kappa shape index (κ3) is 3.66. The Labute approximate surface area is 132 Å².